The van der Waals surface area contributed by atoms with Gasteiger partial charge in [0.05, 0.1) is 5.69 Å². The summed E-state index contributed by atoms with van der Waals surface area (Å²) >= 11 is 0. The van der Waals surface area contributed by atoms with E-state index >= 15 is 0 Å². The van der Waals surface area contributed by atoms with E-state index < -0.39 is 42.0 Å². The summed E-state index contributed by atoms with van der Waals surface area (Å²) in [6.07, 6.45) is -6.44. The lowest BCUT2D eigenvalue weighted by atomic mass is 10.3. The fourth-order valence-electron chi connectivity index (χ4n) is 0.940. The number of ether oxygens (including phenoxy) is 1. The zero-order valence-corrected chi connectivity index (χ0v) is 8.45. The molecule has 9 heteroatoms. The summed E-state index contributed by atoms with van der Waals surface area (Å²) in [6, 6.07) is 0.606. The molecule has 3 nitrogen and oxygen atoms in total. The largest absolute Gasteiger partial charge is 0.440 e. The van der Waals surface area contributed by atoms with Gasteiger partial charge in [0.25, 0.3) is 0 Å². The SMILES string of the molecule is O=C(Nc1cc(F)cc(F)c1F)OCC(F)(F)F. The van der Waals surface area contributed by atoms with Crippen molar-refractivity contribution in [1.29, 1.82) is 0 Å². The molecule has 0 aliphatic carbocycles. The van der Waals surface area contributed by atoms with Crippen molar-refractivity contribution in [3.05, 3.63) is 29.6 Å². The summed E-state index contributed by atoms with van der Waals surface area (Å²) < 4.78 is 77.0. The van der Waals surface area contributed by atoms with E-state index in [2.05, 4.69) is 4.74 Å². The fourth-order valence-corrected chi connectivity index (χ4v) is 0.940. The Morgan fingerprint density at radius 3 is 2.39 bits per heavy atom. The minimum Gasteiger partial charge on any atom is -0.440 e. The zero-order chi connectivity index (χ0) is 13.9. The second-order valence-corrected chi connectivity index (χ2v) is 3.07. The van der Waals surface area contributed by atoms with Gasteiger partial charge in [-0.15, -0.1) is 0 Å². The van der Waals surface area contributed by atoms with Crippen LogP contribution in [0.4, 0.5) is 36.8 Å². The van der Waals surface area contributed by atoms with E-state index in [9.17, 15) is 31.1 Å². The van der Waals surface area contributed by atoms with E-state index in [0.29, 0.717) is 6.07 Å². The van der Waals surface area contributed by atoms with Gasteiger partial charge in [-0.3, -0.25) is 5.32 Å². The van der Waals surface area contributed by atoms with Crippen LogP contribution in [0.15, 0.2) is 12.1 Å². The Morgan fingerprint density at radius 1 is 1.22 bits per heavy atom. The van der Waals surface area contributed by atoms with Crippen molar-refractivity contribution in [2.24, 2.45) is 0 Å². The summed E-state index contributed by atoms with van der Waals surface area (Å²) in [5.41, 5.74) is -0.959. The lowest BCUT2D eigenvalue weighted by molar-refractivity contribution is -0.159. The molecule has 0 bridgehead atoms. The Bertz CT molecular complexity index is 459. The molecular formula is C9H5F6NO2. The second-order valence-electron chi connectivity index (χ2n) is 3.07. The average Bonchev–Trinajstić information content (AvgIpc) is 2.21. The molecule has 0 saturated heterocycles. The number of hydrogen-bond acceptors (Lipinski definition) is 2. The van der Waals surface area contributed by atoms with Crippen LogP contribution in [0.1, 0.15) is 0 Å². The normalized spacial score (nSPS) is 11.2. The third-order valence-electron chi connectivity index (χ3n) is 1.60. The molecule has 1 aromatic carbocycles. The molecule has 0 aromatic heterocycles. The summed E-state index contributed by atoms with van der Waals surface area (Å²) in [7, 11) is 0. The molecular weight excluding hydrogens is 268 g/mol. The maximum absolute atomic E-state index is 13.0. The second kappa shape index (κ2) is 5.15. The predicted molar refractivity (Wildman–Crippen MR) is 47.3 cm³/mol. The van der Waals surface area contributed by atoms with Crippen LogP contribution >= 0.6 is 0 Å². The van der Waals surface area contributed by atoms with Crippen molar-refractivity contribution in [2.75, 3.05) is 11.9 Å². The van der Waals surface area contributed by atoms with Gasteiger partial charge in [-0.1, -0.05) is 0 Å². The smallest absolute Gasteiger partial charge is 0.422 e. The molecule has 0 unspecified atom stereocenters. The molecule has 0 atom stereocenters. The first kappa shape index (κ1) is 14.1. The number of anilines is 1. The van der Waals surface area contributed by atoms with Crippen LogP contribution in [-0.2, 0) is 4.74 Å². The van der Waals surface area contributed by atoms with Crippen molar-refractivity contribution >= 4 is 11.8 Å². The van der Waals surface area contributed by atoms with Crippen LogP contribution in [0.5, 0.6) is 0 Å². The van der Waals surface area contributed by atoms with E-state index in [0.717, 1.165) is 0 Å². The number of benzene rings is 1. The Balaban J connectivity index is 2.71. The molecule has 100 valence electrons. The molecule has 0 heterocycles. The fraction of sp³-hybridized carbons (Fsp3) is 0.222. The highest BCUT2D eigenvalue weighted by molar-refractivity contribution is 5.84. The van der Waals surface area contributed by atoms with Crippen LogP contribution in [-0.4, -0.2) is 18.9 Å². The minimum atomic E-state index is -4.76. The minimum absolute atomic E-state index is 0.210. The first-order chi connectivity index (χ1) is 8.19. The quantitative estimate of drug-likeness (QED) is 0.663. The number of carbonyl (C=O) groups excluding carboxylic acids is 1. The summed E-state index contributed by atoms with van der Waals surface area (Å²) in [5.74, 6) is -4.42. The number of amides is 1. The first-order valence-corrected chi connectivity index (χ1v) is 4.34. The number of carbonyl (C=O) groups is 1. The van der Waals surface area contributed by atoms with E-state index in [1.165, 1.54) is 5.32 Å². The number of rotatable bonds is 2. The monoisotopic (exact) mass is 273 g/mol. The van der Waals surface area contributed by atoms with Crippen molar-refractivity contribution in [1.82, 2.24) is 0 Å². The summed E-state index contributed by atoms with van der Waals surface area (Å²) in [6.45, 7) is -1.90. The van der Waals surface area contributed by atoms with E-state index in [1.54, 1.807) is 0 Å². The molecule has 18 heavy (non-hydrogen) atoms. The van der Waals surface area contributed by atoms with Crippen molar-refractivity contribution in [3.63, 3.8) is 0 Å². The van der Waals surface area contributed by atoms with Crippen LogP contribution < -0.4 is 5.32 Å². The summed E-state index contributed by atoms with van der Waals surface area (Å²) in [4.78, 5) is 10.8. The van der Waals surface area contributed by atoms with Gasteiger partial charge in [-0.25, -0.2) is 18.0 Å². The first-order valence-electron chi connectivity index (χ1n) is 4.34. The molecule has 1 N–H and O–H groups in total. The van der Waals surface area contributed by atoms with Crippen LogP contribution in [0.25, 0.3) is 0 Å². The van der Waals surface area contributed by atoms with Gasteiger partial charge in [-0.05, 0) is 0 Å². The van der Waals surface area contributed by atoms with Crippen LogP contribution in [0.2, 0.25) is 0 Å². The Hall–Kier alpha value is -1.93. The molecule has 0 fully saturated rings. The highest BCUT2D eigenvalue weighted by Gasteiger charge is 2.29. The van der Waals surface area contributed by atoms with Gasteiger partial charge >= 0.3 is 12.3 Å². The summed E-state index contributed by atoms with van der Waals surface area (Å²) in [5, 5.41) is 1.45. The maximum Gasteiger partial charge on any atom is 0.422 e. The number of nitrogens with one attached hydrogen (secondary N) is 1. The maximum atomic E-state index is 13.0. The van der Waals surface area contributed by atoms with Gasteiger partial charge < -0.3 is 4.74 Å². The van der Waals surface area contributed by atoms with Gasteiger partial charge in [-0.2, -0.15) is 13.2 Å². The van der Waals surface area contributed by atoms with E-state index in [1.807, 2.05) is 0 Å². The molecule has 1 rings (SSSR count). The number of hydrogen-bond donors (Lipinski definition) is 1. The van der Waals surface area contributed by atoms with Crippen LogP contribution in [0, 0.1) is 17.5 Å². The lowest BCUT2D eigenvalue weighted by Crippen LogP contribution is -2.23. The molecule has 0 radical (unpaired) electrons. The van der Waals surface area contributed by atoms with Crippen LogP contribution in [0.3, 0.4) is 0 Å². The number of halogens is 6. The van der Waals surface area contributed by atoms with Crippen molar-refractivity contribution in [3.8, 4) is 0 Å². The average molecular weight is 273 g/mol. The molecule has 0 saturated carbocycles. The predicted octanol–water partition coefficient (Wildman–Crippen LogP) is 3.21. The van der Waals surface area contributed by atoms with E-state index in [4.69, 9.17) is 0 Å². The number of alkyl halides is 3. The van der Waals surface area contributed by atoms with Gasteiger partial charge in [0.1, 0.15) is 5.82 Å². The Labute approximate surface area is 96.3 Å². The molecule has 1 aromatic rings. The highest BCUT2D eigenvalue weighted by atomic mass is 19.4. The standard InChI is InChI=1S/C9H5F6NO2/c10-4-1-5(11)7(12)6(2-4)16-8(17)18-3-9(13,14)15/h1-2H,3H2,(H,16,17). The van der Waals surface area contributed by atoms with Gasteiger partial charge in [0, 0.05) is 12.1 Å². The van der Waals surface area contributed by atoms with Crippen molar-refractivity contribution in [2.45, 2.75) is 6.18 Å². The third kappa shape index (κ3) is 4.15. The lowest BCUT2D eigenvalue weighted by Gasteiger charge is -2.09. The van der Waals surface area contributed by atoms with E-state index in [-0.39, 0.29) is 6.07 Å². The topological polar surface area (TPSA) is 38.3 Å². The molecule has 0 aliphatic rings. The Morgan fingerprint density at radius 2 is 1.83 bits per heavy atom. The zero-order valence-electron chi connectivity index (χ0n) is 8.45. The molecule has 1 amide bonds. The molecule has 0 aliphatic heterocycles. The van der Waals surface area contributed by atoms with Gasteiger partial charge in [0.2, 0.25) is 0 Å². The Kier molecular flexibility index (Phi) is 4.04. The molecule has 0 spiro atoms. The van der Waals surface area contributed by atoms with Gasteiger partial charge in [0.15, 0.2) is 18.2 Å². The van der Waals surface area contributed by atoms with Crippen molar-refractivity contribution < 1.29 is 35.9 Å². The highest BCUT2D eigenvalue weighted by Crippen LogP contribution is 2.20. The third-order valence-corrected chi connectivity index (χ3v) is 1.60.